The quantitative estimate of drug-likeness (QED) is 0.0109. The van der Waals surface area contributed by atoms with Crippen LogP contribution in [-0.2, 0) is 26.4 Å². The second-order valence-corrected chi connectivity index (χ2v) is 38.8. The van der Waals surface area contributed by atoms with Crippen molar-refractivity contribution in [2.45, 2.75) is 195 Å². The van der Waals surface area contributed by atoms with Gasteiger partial charge in [0, 0.05) is 40.5 Å². The molecule has 0 amide bonds. The number of nitro benzene ring substituents is 1. The first-order valence-electron chi connectivity index (χ1n) is 42.9. The van der Waals surface area contributed by atoms with Crippen LogP contribution < -0.4 is 39.0 Å². The summed E-state index contributed by atoms with van der Waals surface area (Å²) in [4.78, 5) is 42.9. The number of aromatic nitrogens is 2. The molecule has 0 atom stereocenters. The summed E-state index contributed by atoms with van der Waals surface area (Å²) in [5.74, 6) is 4.45. The third-order valence-electron chi connectivity index (χ3n) is 22.1. The highest BCUT2D eigenvalue weighted by molar-refractivity contribution is 6.74. The SMILES string of the molecule is CC(C)(C)[Si](C)(C)Oc1ccc([N+](=O)[O-])c(F)c1.CC(C)=CCC/C(C)=C/CC/C(C)=C/COc1ccc2nc3c(C)cc(=O)c(C)c-3oc2c1.Cc1cc(O)c(C)cc1O.Cc1cc(OCc2ccccc2)c(C)c(O)c1OCc1ccccc1.Cc1cc(OCc2ccccc2)c(C)c(O)c1OCc1ccccc1.Cc1ccc2nc3c(C)cc(=O)c(C)c-3oc2c1. The van der Waals surface area contributed by atoms with E-state index in [0.29, 0.717) is 112 Å². The van der Waals surface area contributed by atoms with Crippen molar-refractivity contribution in [3.8, 4) is 80.4 Å². The highest BCUT2D eigenvalue weighted by Gasteiger charge is 2.39. The fraction of sp³-hybridized carbons (Fsp3) is 0.278. The number of halogens is 1. The van der Waals surface area contributed by atoms with Crippen molar-refractivity contribution in [1.29, 1.82) is 0 Å². The maximum Gasteiger partial charge on any atom is 0.305 e. The third kappa shape index (κ3) is 28.4. The van der Waals surface area contributed by atoms with Crippen molar-refractivity contribution in [3.63, 3.8) is 0 Å². The van der Waals surface area contributed by atoms with E-state index in [1.54, 1.807) is 52.0 Å². The zero-order valence-corrected chi connectivity index (χ0v) is 78.7. The molecule has 0 bridgehead atoms. The molecular weight excluding hydrogens is 1640 g/mol. The molecule has 4 N–H and O–H groups in total. The molecular formula is C108H120FN3O16Si. The van der Waals surface area contributed by atoms with Crippen molar-refractivity contribution in [2.24, 2.45) is 0 Å². The molecule has 0 saturated carbocycles. The molecule has 21 heteroatoms. The van der Waals surface area contributed by atoms with E-state index in [4.69, 9.17) is 52.1 Å². The fourth-order valence-electron chi connectivity index (χ4n) is 13.1. The average molecular weight is 1760 g/mol. The molecule has 0 spiro atoms. The van der Waals surface area contributed by atoms with E-state index >= 15 is 0 Å². The zero-order valence-electron chi connectivity index (χ0n) is 77.7. The molecule has 19 nitrogen and oxygen atoms in total. The van der Waals surface area contributed by atoms with Gasteiger partial charge in [-0.2, -0.15) is 4.39 Å². The zero-order chi connectivity index (χ0) is 94.0. The Morgan fingerprint density at radius 1 is 0.450 bits per heavy atom. The number of benzene rings is 12. The van der Waals surface area contributed by atoms with Gasteiger partial charge in [0.1, 0.15) is 90.0 Å². The molecule has 2 heterocycles. The molecule has 10 aromatic carbocycles. The van der Waals surface area contributed by atoms with Gasteiger partial charge in [-0.1, -0.05) is 177 Å². The Hall–Kier alpha value is -13.8. The first-order valence-corrected chi connectivity index (χ1v) is 45.9. The predicted octanol–water partition coefficient (Wildman–Crippen LogP) is 27.1. The molecule has 674 valence electrons. The first kappa shape index (κ1) is 99.0. The topological polar surface area (TPSA) is 266 Å². The minimum Gasteiger partial charge on any atom is -0.543 e. The van der Waals surface area contributed by atoms with Crippen LogP contribution in [0.15, 0.2) is 266 Å². The molecule has 0 fully saturated rings. The number of phenolic OH excluding ortho intramolecular Hbond substituents is 4. The van der Waals surface area contributed by atoms with Gasteiger partial charge in [0.15, 0.2) is 56.5 Å². The van der Waals surface area contributed by atoms with E-state index in [1.165, 1.54) is 22.8 Å². The lowest BCUT2D eigenvalue weighted by atomic mass is 10.0. The highest BCUT2D eigenvalue weighted by atomic mass is 28.4. The molecule has 0 radical (unpaired) electrons. The Kier molecular flexibility index (Phi) is 35.4. The standard InChI is InChI=1S/C29H35NO3.2C22H22O3.C15H13NO2.C12H18FNO3Si.C8H10O2/c1-19(2)9-7-10-20(3)11-8-12-21(4)15-16-32-24-13-14-25-27(18-24)33-29-23(6)26(31)17-22(5)28(29)30-25;2*1-16-13-20(24-14-18-9-5-3-6-10-18)17(2)21(23)22(16)25-15-19-11-7-4-8-12-19;1-8-4-5-11-13(6-8)18-15-10(3)12(17)7-9(2)14(15)16-11;1-12(2,3)18(4,5)17-9-6-7-11(14(15)16)10(13)8-9;1-5-3-8(10)6(2)4-7(5)9/h9,11,13-15,17-18H,7-8,10,12,16H2,1-6H3;2*3-13,23H,14-15H2,1-2H3;4-7H,1-3H3;6-8H,1-5H3;3-4,9-10H,1-2H3/b20-11+,21-15+;;;;;. The summed E-state index contributed by atoms with van der Waals surface area (Å²) in [5, 5.41) is 49.8. The maximum absolute atomic E-state index is 13.5. The molecule has 2 aliphatic heterocycles. The smallest absolute Gasteiger partial charge is 0.305 e. The summed E-state index contributed by atoms with van der Waals surface area (Å²) in [6.45, 7) is 41.5. The Morgan fingerprint density at radius 2 is 0.845 bits per heavy atom. The average Bonchev–Trinajstić information content (AvgIpc) is 0.771. The number of nitrogens with zero attached hydrogens (tertiary/aromatic N) is 3. The van der Waals surface area contributed by atoms with Crippen molar-refractivity contribution >= 4 is 36.2 Å². The van der Waals surface area contributed by atoms with Crippen LogP contribution in [0.3, 0.4) is 0 Å². The second-order valence-electron chi connectivity index (χ2n) is 34.0. The number of nitro groups is 1. The Balaban J connectivity index is 0.000000179. The van der Waals surface area contributed by atoms with Gasteiger partial charge < -0.3 is 57.4 Å². The van der Waals surface area contributed by atoms with E-state index in [0.717, 1.165) is 122 Å². The van der Waals surface area contributed by atoms with E-state index in [-0.39, 0.29) is 38.9 Å². The number of hydrogen-bond donors (Lipinski definition) is 4. The number of phenols is 4. The summed E-state index contributed by atoms with van der Waals surface area (Å²) >= 11 is 0. The van der Waals surface area contributed by atoms with Gasteiger partial charge in [-0.15, -0.1) is 0 Å². The number of aromatic hydroxyl groups is 4. The second kappa shape index (κ2) is 46.1. The molecule has 4 aliphatic rings. The van der Waals surface area contributed by atoms with E-state index < -0.39 is 24.7 Å². The van der Waals surface area contributed by atoms with Crippen LogP contribution in [0.4, 0.5) is 10.1 Å². The summed E-state index contributed by atoms with van der Waals surface area (Å²) in [6, 6.07) is 65.1. The van der Waals surface area contributed by atoms with Gasteiger partial charge in [-0.3, -0.25) is 19.7 Å². The molecule has 14 rings (SSSR count). The van der Waals surface area contributed by atoms with E-state index in [2.05, 4.69) is 71.7 Å². The molecule has 0 aromatic heterocycles. The number of rotatable bonds is 24. The van der Waals surface area contributed by atoms with Crippen molar-refractivity contribution < 1.29 is 66.7 Å². The normalized spacial score (nSPS) is 11.3. The fourth-order valence-corrected chi connectivity index (χ4v) is 14.1. The first-order chi connectivity index (χ1) is 61.2. The molecule has 0 unspecified atom stereocenters. The van der Waals surface area contributed by atoms with E-state index in [1.807, 2.05) is 231 Å². The lowest BCUT2D eigenvalue weighted by Crippen LogP contribution is -2.43. The van der Waals surface area contributed by atoms with Crippen LogP contribution in [-0.4, -0.2) is 50.2 Å². The van der Waals surface area contributed by atoms with Crippen LogP contribution in [0.2, 0.25) is 18.1 Å². The maximum atomic E-state index is 13.5. The van der Waals surface area contributed by atoms with Gasteiger partial charge in [0.05, 0.1) is 4.92 Å². The summed E-state index contributed by atoms with van der Waals surface area (Å²) in [5.41, 5.74) is 20.7. The predicted molar refractivity (Wildman–Crippen MR) is 517 cm³/mol. The Bertz CT molecular complexity index is 6120. The third-order valence-corrected chi connectivity index (χ3v) is 26.4. The van der Waals surface area contributed by atoms with Gasteiger partial charge in [-0.25, -0.2) is 9.97 Å². The molecule has 129 heavy (non-hydrogen) atoms. The monoisotopic (exact) mass is 1760 g/mol. The lowest BCUT2D eigenvalue weighted by molar-refractivity contribution is -0.387. The van der Waals surface area contributed by atoms with Crippen molar-refractivity contribution in [1.82, 2.24) is 9.97 Å². The van der Waals surface area contributed by atoms with Gasteiger partial charge in [-0.05, 0) is 282 Å². The summed E-state index contributed by atoms with van der Waals surface area (Å²) < 4.78 is 60.6. The van der Waals surface area contributed by atoms with Gasteiger partial charge >= 0.3 is 5.69 Å². The van der Waals surface area contributed by atoms with Crippen LogP contribution in [0.5, 0.6) is 57.5 Å². The van der Waals surface area contributed by atoms with Crippen LogP contribution >= 0.6 is 0 Å². The minimum atomic E-state index is -2.05. The number of ether oxygens (including phenoxy) is 5. The van der Waals surface area contributed by atoms with Gasteiger partial charge in [0.25, 0.3) is 0 Å². The van der Waals surface area contributed by atoms with Crippen LogP contribution in [0.1, 0.15) is 158 Å². The van der Waals surface area contributed by atoms with Crippen LogP contribution in [0, 0.1) is 92.1 Å². The number of allylic oxidation sites excluding steroid dienone is 5. The van der Waals surface area contributed by atoms with Crippen molar-refractivity contribution in [3.05, 3.63) is 367 Å². The lowest BCUT2D eigenvalue weighted by Gasteiger charge is -2.36. The molecule has 2 aliphatic carbocycles. The summed E-state index contributed by atoms with van der Waals surface area (Å²) in [7, 11) is -2.05. The molecule has 0 saturated heterocycles. The highest BCUT2D eigenvalue weighted by Crippen LogP contribution is 2.43. The number of hydrogen-bond acceptors (Lipinski definition) is 18. The van der Waals surface area contributed by atoms with Gasteiger partial charge in [0.2, 0.25) is 14.1 Å². The van der Waals surface area contributed by atoms with E-state index in [9.17, 15) is 34.3 Å². The number of fused-ring (bicyclic) bond motifs is 4. The largest absolute Gasteiger partial charge is 0.543 e. The van der Waals surface area contributed by atoms with Crippen LogP contribution in [0.25, 0.3) is 45.1 Å². The minimum absolute atomic E-state index is 0.00227. The van der Waals surface area contributed by atoms with Crippen molar-refractivity contribution in [2.75, 3.05) is 6.61 Å². The summed E-state index contributed by atoms with van der Waals surface area (Å²) in [6.07, 6.45) is 11.1. The number of aryl methyl sites for hydroxylation is 7. The Morgan fingerprint density at radius 3 is 1.26 bits per heavy atom. The molecule has 10 aromatic rings. The Labute approximate surface area is 757 Å².